The molecule has 2 fully saturated rings. The van der Waals surface area contributed by atoms with E-state index >= 15 is 0 Å². The van der Waals surface area contributed by atoms with Gasteiger partial charge in [-0.3, -0.25) is 19.5 Å². The summed E-state index contributed by atoms with van der Waals surface area (Å²) in [6, 6.07) is 1.70. The Kier molecular flexibility index (Phi) is 7.42. The molecule has 1 aromatic rings. The van der Waals surface area contributed by atoms with Crippen molar-refractivity contribution in [2.24, 2.45) is 16.6 Å². The number of hydrogen-bond donors (Lipinski definition) is 2. The maximum Gasteiger partial charge on any atom is 0.416 e. The molecule has 0 saturated carbocycles. The number of nitrogens with one attached hydrogen (secondary N) is 1. The van der Waals surface area contributed by atoms with Gasteiger partial charge in [-0.15, -0.1) is 0 Å². The van der Waals surface area contributed by atoms with Crippen LogP contribution in [-0.4, -0.2) is 41.5 Å². The first-order valence-corrected chi connectivity index (χ1v) is 10.7. The molecule has 180 valence electrons. The van der Waals surface area contributed by atoms with Gasteiger partial charge in [-0.25, -0.2) is 0 Å². The third-order valence-corrected chi connectivity index (χ3v) is 6.04. The molecule has 0 bridgehead atoms. The Balaban J connectivity index is 1.67. The van der Waals surface area contributed by atoms with E-state index in [9.17, 15) is 35.9 Å². The van der Waals surface area contributed by atoms with Crippen LogP contribution in [0, 0.1) is 5.92 Å². The van der Waals surface area contributed by atoms with Crippen molar-refractivity contribution in [3.63, 3.8) is 0 Å². The van der Waals surface area contributed by atoms with Gasteiger partial charge in [0.15, 0.2) is 0 Å². The molecule has 3 rings (SSSR count). The first-order valence-electron chi connectivity index (χ1n) is 9.86. The van der Waals surface area contributed by atoms with Gasteiger partial charge in [-0.05, 0) is 61.3 Å². The molecule has 1 aromatic carbocycles. The number of benzene rings is 1. The van der Waals surface area contributed by atoms with Crippen molar-refractivity contribution in [2.75, 3.05) is 19.6 Å². The first-order chi connectivity index (χ1) is 15.3. The molecule has 13 heteroatoms. The normalized spacial score (nSPS) is 21.1. The lowest BCUT2D eigenvalue weighted by molar-refractivity contribution is -0.143. The molecular weight excluding hydrogens is 474 g/mol. The minimum atomic E-state index is -4.90. The summed E-state index contributed by atoms with van der Waals surface area (Å²) in [4.78, 5) is 28.8. The molecular formula is C20H20F6N4O2S. The third-order valence-electron chi connectivity index (χ3n) is 5.21. The van der Waals surface area contributed by atoms with E-state index in [2.05, 4.69) is 10.3 Å². The second kappa shape index (κ2) is 9.75. The van der Waals surface area contributed by atoms with E-state index in [1.54, 1.807) is 4.90 Å². The molecule has 2 aliphatic heterocycles. The Morgan fingerprint density at radius 2 is 1.85 bits per heavy atom. The molecule has 33 heavy (non-hydrogen) atoms. The van der Waals surface area contributed by atoms with Crippen LogP contribution >= 0.6 is 11.8 Å². The van der Waals surface area contributed by atoms with Crippen LogP contribution in [-0.2, 0) is 23.7 Å². The average Bonchev–Trinajstić information content (AvgIpc) is 3.05. The summed E-state index contributed by atoms with van der Waals surface area (Å²) >= 11 is 0.928. The van der Waals surface area contributed by atoms with Gasteiger partial charge in [0.1, 0.15) is 12.4 Å². The molecule has 2 aliphatic rings. The first kappa shape index (κ1) is 25.1. The fourth-order valence-electron chi connectivity index (χ4n) is 3.61. The van der Waals surface area contributed by atoms with E-state index in [1.165, 1.54) is 0 Å². The Morgan fingerprint density at radius 1 is 1.18 bits per heavy atom. The van der Waals surface area contributed by atoms with Crippen LogP contribution in [0.1, 0.15) is 29.5 Å². The number of thioether (sulfide) groups is 1. The van der Waals surface area contributed by atoms with Crippen molar-refractivity contribution in [3.8, 4) is 0 Å². The quantitative estimate of drug-likeness (QED) is 0.602. The predicted molar refractivity (Wildman–Crippen MR) is 110 cm³/mol. The molecule has 2 amide bonds. The van der Waals surface area contributed by atoms with Crippen molar-refractivity contribution in [1.82, 2.24) is 10.2 Å². The largest absolute Gasteiger partial charge is 0.416 e. The minimum Gasteiger partial charge on any atom is -0.368 e. The second-order valence-electron chi connectivity index (χ2n) is 7.66. The second-order valence-corrected chi connectivity index (χ2v) is 8.67. The van der Waals surface area contributed by atoms with Crippen LogP contribution < -0.4 is 11.1 Å². The summed E-state index contributed by atoms with van der Waals surface area (Å²) in [5.74, 6) is -0.376. The number of alkyl halides is 6. The molecule has 0 radical (unpaired) electrons. The molecule has 0 aromatic heterocycles. The average molecular weight is 494 g/mol. The zero-order chi connectivity index (χ0) is 24.4. The van der Waals surface area contributed by atoms with Gasteiger partial charge in [0.2, 0.25) is 5.91 Å². The van der Waals surface area contributed by atoms with Crippen LogP contribution in [0.15, 0.2) is 34.2 Å². The highest BCUT2D eigenvalue weighted by Gasteiger charge is 2.38. The van der Waals surface area contributed by atoms with Crippen LogP contribution in [0.4, 0.5) is 31.1 Å². The van der Waals surface area contributed by atoms with Gasteiger partial charge in [-0.2, -0.15) is 26.3 Å². The van der Waals surface area contributed by atoms with Gasteiger partial charge in [0.05, 0.1) is 16.0 Å². The van der Waals surface area contributed by atoms with Gasteiger partial charge in [-0.1, -0.05) is 12.1 Å². The van der Waals surface area contributed by atoms with Crippen molar-refractivity contribution in [1.29, 1.82) is 0 Å². The fraction of sp³-hybridized carbons (Fsp3) is 0.450. The molecule has 0 spiro atoms. The molecule has 0 unspecified atom stereocenters. The van der Waals surface area contributed by atoms with Gasteiger partial charge < -0.3 is 11.1 Å². The van der Waals surface area contributed by atoms with E-state index in [1.807, 2.05) is 6.08 Å². The third kappa shape index (κ3) is 6.73. The van der Waals surface area contributed by atoms with Crippen LogP contribution in [0.3, 0.4) is 0 Å². The number of nitrogens with zero attached hydrogens (tertiary/aromatic N) is 2. The number of amidine groups is 1. The number of halogens is 6. The highest BCUT2D eigenvalue weighted by atomic mass is 32.2. The molecule has 6 nitrogen and oxygen atoms in total. The van der Waals surface area contributed by atoms with E-state index in [4.69, 9.17) is 5.73 Å². The van der Waals surface area contributed by atoms with Crippen LogP contribution in [0.25, 0.3) is 0 Å². The zero-order valence-electron chi connectivity index (χ0n) is 17.1. The van der Waals surface area contributed by atoms with Crippen molar-refractivity contribution >= 4 is 28.7 Å². The summed E-state index contributed by atoms with van der Waals surface area (Å²) < 4.78 is 78.7. The number of carbonyl (C=O) groups is 2. The molecule has 2 heterocycles. The lowest BCUT2D eigenvalue weighted by Gasteiger charge is -2.31. The summed E-state index contributed by atoms with van der Waals surface area (Å²) in [5.41, 5.74) is 2.22. The number of rotatable bonds is 5. The Morgan fingerprint density at radius 3 is 2.42 bits per heavy atom. The fourth-order valence-corrected chi connectivity index (χ4v) is 4.43. The zero-order valence-corrected chi connectivity index (χ0v) is 17.9. The van der Waals surface area contributed by atoms with E-state index in [-0.39, 0.29) is 41.7 Å². The number of carbonyl (C=O) groups excluding carboxylic acids is 2. The topological polar surface area (TPSA) is 87.8 Å². The number of nitrogens with two attached hydrogens (primary N) is 1. The molecule has 0 atom stereocenters. The van der Waals surface area contributed by atoms with E-state index in [0.717, 1.165) is 17.8 Å². The molecule has 0 aliphatic carbocycles. The number of amides is 2. The predicted octanol–water partition coefficient (Wildman–Crippen LogP) is 4.16. The molecule has 3 N–H and O–H groups in total. The maximum atomic E-state index is 13.4. The Hall–Kier alpha value is -2.54. The van der Waals surface area contributed by atoms with Gasteiger partial charge in [0, 0.05) is 6.54 Å². The highest BCUT2D eigenvalue weighted by Crippen LogP contribution is 2.38. The summed E-state index contributed by atoms with van der Waals surface area (Å²) in [6.45, 7) is 0.441. The summed E-state index contributed by atoms with van der Waals surface area (Å²) in [5, 5.41) is 2.18. The number of primary amides is 1. The van der Waals surface area contributed by atoms with E-state index < -0.39 is 29.4 Å². The number of piperidine rings is 1. The Labute approximate surface area is 189 Å². The summed E-state index contributed by atoms with van der Waals surface area (Å²) in [6.07, 6.45) is -6.79. The van der Waals surface area contributed by atoms with Crippen molar-refractivity contribution < 1.29 is 35.9 Å². The van der Waals surface area contributed by atoms with Crippen LogP contribution in [0.2, 0.25) is 0 Å². The SMILES string of the molecule is NC(=O)CN=C1NC(=O)SC1=CC1CCN(Cc2ccc(C(F)(F)F)cc2C(F)(F)F)CC1. The number of likely N-dealkylation sites (tertiary alicyclic amines) is 1. The van der Waals surface area contributed by atoms with Gasteiger partial charge >= 0.3 is 12.4 Å². The lowest BCUT2D eigenvalue weighted by atomic mass is 9.95. The van der Waals surface area contributed by atoms with Crippen molar-refractivity contribution in [2.45, 2.75) is 31.7 Å². The molecule has 2 saturated heterocycles. The van der Waals surface area contributed by atoms with Gasteiger partial charge in [0.25, 0.3) is 5.24 Å². The number of aliphatic imine (C=N–C) groups is 1. The summed E-state index contributed by atoms with van der Waals surface area (Å²) in [7, 11) is 0. The Bertz CT molecular complexity index is 982. The minimum absolute atomic E-state index is 0.0184. The smallest absolute Gasteiger partial charge is 0.368 e. The number of allylic oxidation sites excluding steroid dienone is 1. The number of hydrogen-bond acceptors (Lipinski definition) is 5. The van der Waals surface area contributed by atoms with Crippen LogP contribution in [0.5, 0.6) is 0 Å². The standard InChI is InChI=1S/C20H20F6N4O2S/c21-19(22,23)13-2-1-12(14(8-13)20(24,25)26)10-30-5-3-11(4-6-30)7-15-17(28-9-16(27)31)29-18(32)33-15/h1-2,7-8,11H,3-6,9-10H2,(H2,27,31)(H,28,29,32). The lowest BCUT2D eigenvalue weighted by Crippen LogP contribution is -2.33. The van der Waals surface area contributed by atoms with Crippen molar-refractivity contribution in [3.05, 3.63) is 45.9 Å². The highest BCUT2D eigenvalue weighted by molar-refractivity contribution is 8.18. The van der Waals surface area contributed by atoms with E-state index in [0.29, 0.717) is 36.9 Å². The maximum absolute atomic E-state index is 13.4. The monoisotopic (exact) mass is 494 g/mol.